The second-order valence-electron chi connectivity index (χ2n) is 8.96. The number of carbonyl (C=O) groups excluding carboxylic acids is 3. The van der Waals surface area contributed by atoms with Crippen molar-refractivity contribution in [2.75, 3.05) is 19.7 Å². The first-order valence-electron chi connectivity index (χ1n) is 12.4. The molecule has 2 heterocycles. The van der Waals surface area contributed by atoms with Crippen molar-refractivity contribution in [2.24, 2.45) is 0 Å². The Morgan fingerprint density at radius 3 is 2.51 bits per heavy atom. The van der Waals surface area contributed by atoms with E-state index < -0.39 is 17.9 Å². The number of hydrogen-bond acceptors (Lipinski definition) is 6. The van der Waals surface area contributed by atoms with E-state index in [1.165, 1.54) is 11.3 Å². The number of rotatable bonds is 9. The fourth-order valence-corrected chi connectivity index (χ4v) is 5.56. The normalized spacial score (nSPS) is 14.7. The van der Waals surface area contributed by atoms with Crippen LogP contribution in [0.5, 0.6) is 0 Å². The largest absolute Gasteiger partial charge is 0.464 e. The van der Waals surface area contributed by atoms with E-state index in [1.54, 1.807) is 18.4 Å². The summed E-state index contributed by atoms with van der Waals surface area (Å²) in [4.78, 5) is 44.7. The summed E-state index contributed by atoms with van der Waals surface area (Å²) in [7, 11) is 0. The molecule has 194 valence electrons. The summed E-state index contributed by atoms with van der Waals surface area (Å²) < 4.78 is 5.18. The van der Waals surface area contributed by atoms with Crippen LogP contribution in [0.4, 0.5) is 0 Å². The van der Waals surface area contributed by atoms with E-state index in [9.17, 15) is 14.4 Å². The monoisotopic (exact) mass is 539 g/mol. The van der Waals surface area contributed by atoms with Crippen LogP contribution in [-0.2, 0) is 27.2 Å². The summed E-state index contributed by atoms with van der Waals surface area (Å²) >= 11 is 7.65. The predicted molar refractivity (Wildman–Crippen MR) is 144 cm³/mol. The highest BCUT2D eigenvalue weighted by molar-refractivity contribution is 7.09. The van der Waals surface area contributed by atoms with Crippen LogP contribution in [0.2, 0.25) is 5.02 Å². The fourth-order valence-electron chi connectivity index (χ4n) is 4.39. The molecule has 1 unspecified atom stereocenters. The molecule has 37 heavy (non-hydrogen) atoms. The first-order chi connectivity index (χ1) is 17.9. The molecule has 4 rings (SSSR count). The van der Waals surface area contributed by atoms with Gasteiger partial charge in [-0.05, 0) is 37.0 Å². The lowest BCUT2D eigenvalue weighted by Gasteiger charge is -2.31. The molecule has 1 N–H and O–H groups in total. The first kappa shape index (κ1) is 26.8. The summed E-state index contributed by atoms with van der Waals surface area (Å²) in [5.41, 5.74) is 2.05. The molecule has 1 aliphatic heterocycles. The first-order valence-corrected chi connectivity index (χ1v) is 13.7. The van der Waals surface area contributed by atoms with E-state index in [-0.39, 0.29) is 24.9 Å². The third-order valence-corrected chi connectivity index (χ3v) is 7.79. The SMILES string of the molecule is CCOC(=O)C(Cc1ccccc1)NC(=O)c1csc(C2CCN(C(=O)Cc3ccccc3Cl)CC2)n1. The Bertz CT molecular complexity index is 1220. The zero-order chi connectivity index (χ0) is 26.2. The van der Waals surface area contributed by atoms with Gasteiger partial charge >= 0.3 is 5.97 Å². The van der Waals surface area contributed by atoms with E-state index in [0.29, 0.717) is 30.2 Å². The molecule has 0 aliphatic carbocycles. The van der Waals surface area contributed by atoms with Crippen LogP contribution in [-0.4, -0.2) is 53.4 Å². The fraction of sp³-hybridized carbons (Fsp3) is 0.357. The number of nitrogens with zero attached hydrogens (tertiary/aromatic N) is 2. The van der Waals surface area contributed by atoms with Crippen LogP contribution in [0.25, 0.3) is 0 Å². The number of carbonyl (C=O) groups is 3. The maximum Gasteiger partial charge on any atom is 0.328 e. The quantitative estimate of drug-likeness (QED) is 0.400. The molecular weight excluding hydrogens is 510 g/mol. The van der Waals surface area contributed by atoms with Crippen LogP contribution >= 0.6 is 22.9 Å². The van der Waals surface area contributed by atoms with Gasteiger partial charge in [0.1, 0.15) is 11.7 Å². The number of aromatic nitrogens is 1. The highest BCUT2D eigenvalue weighted by Gasteiger charge is 2.28. The molecule has 1 atom stereocenters. The van der Waals surface area contributed by atoms with Crippen LogP contribution in [0.15, 0.2) is 60.0 Å². The molecule has 0 bridgehead atoms. The second kappa shape index (κ2) is 12.8. The molecule has 9 heteroatoms. The summed E-state index contributed by atoms with van der Waals surface area (Å²) in [6.07, 6.45) is 2.18. The van der Waals surface area contributed by atoms with Crippen molar-refractivity contribution >= 4 is 40.7 Å². The minimum atomic E-state index is -0.799. The Hall–Kier alpha value is -3.23. The number of likely N-dealkylation sites (tertiary alicyclic amines) is 1. The number of halogens is 1. The maximum atomic E-state index is 13.0. The van der Waals surface area contributed by atoms with Crippen molar-refractivity contribution in [3.8, 4) is 0 Å². The van der Waals surface area contributed by atoms with E-state index in [1.807, 2.05) is 53.4 Å². The molecule has 0 saturated carbocycles. The van der Waals surface area contributed by atoms with Gasteiger partial charge in [-0.2, -0.15) is 0 Å². The second-order valence-corrected chi connectivity index (χ2v) is 10.3. The van der Waals surface area contributed by atoms with Gasteiger partial charge in [-0.25, -0.2) is 9.78 Å². The Balaban J connectivity index is 1.33. The lowest BCUT2D eigenvalue weighted by Crippen LogP contribution is -2.43. The molecule has 2 amide bonds. The van der Waals surface area contributed by atoms with Crippen molar-refractivity contribution in [3.63, 3.8) is 0 Å². The number of thiazole rings is 1. The third kappa shape index (κ3) is 7.17. The van der Waals surface area contributed by atoms with Gasteiger partial charge in [0.2, 0.25) is 5.91 Å². The van der Waals surface area contributed by atoms with Crippen molar-refractivity contribution < 1.29 is 19.1 Å². The topological polar surface area (TPSA) is 88.6 Å². The maximum absolute atomic E-state index is 13.0. The molecule has 3 aromatic rings. The van der Waals surface area contributed by atoms with Gasteiger partial charge in [0.15, 0.2) is 0 Å². The summed E-state index contributed by atoms with van der Waals surface area (Å²) in [5, 5.41) is 6.00. The molecule has 0 radical (unpaired) electrons. The zero-order valence-corrected chi connectivity index (χ0v) is 22.3. The zero-order valence-electron chi connectivity index (χ0n) is 20.7. The summed E-state index contributed by atoms with van der Waals surface area (Å²) in [6, 6.07) is 16.1. The van der Waals surface area contributed by atoms with Crippen LogP contribution in [0.3, 0.4) is 0 Å². The average Bonchev–Trinajstić information content (AvgIpc) is 3.41. The molecule has 1 fully saturated rings. The van der Waals surface area contributed by atoms with E-state index in [2.05, 4.69) is 10.3 Å². The van der Waals surface area contributed by atoms with Crippen LogP contribution in [0, 0.1) is 0 Å². The molecule has 1 saturated heterocycles. The predicted octanol–water partition coefficient (Wildman–Crippen LogP) is 4.65. The number of nitrogens with one attached hydrogen (secondary N) is 1. The van der Waals surface area contributed by atoms with Gasteiger partial charge in [-0.1, -0.05) is 60.1 Å². The number of esters is 1. The molecular formula is C28H30ClN3O4S. The Morgan fingerprint density at radius 1 is 1.11 bits per heavy atom. The molecule has 7 nitrogen and oxygen atoms in total. The highest BCUT2D eigenvalue weighted by atomic mass is 35.5. The minimum Gasteiger partial charge on any atom is -0.464 e. The van der Waals surface area contributed by atoms with E-state index in [4.69, 9.17) is 16.3 Å². The average molecular weight is 540 g/mol. The number of benzene rings is 2. The van der Waals surface area contributed by atoms with E-state index >= 15 is 0 Å². The number of amides is 2. The lowest BCUT2D eigenvalue weighted by molar-refractivity contribution is -0.145. The van der Waals surface area contributed by atoms with Gasteiger partial charge in [0.25, 0.3) is 5.91 Å². The Kier molecular flexibility index (Phi) is 9.30. The summed E-state index contributed by atoms with van der Waals surface area (Å²) in [5.74, 6) is -0.622. The van der Waals surface area contributed by atoms with Crippen molar-refractivity contribution in [3.05, 3.63) is 86.8 Å². The summed E-state index contributed by atoms with van der Waals surface area (Å²) in [6.45, 7) is 3.25. The lowest BCUT2D eigenvalue weighted by atomic mass is 9.97. The molecule has 2 aromatic carbocycles. The Morgan fingerprint density at radius 2 is 1.81 bits per heavy atom. The third-order valence-electron chi connectivity index (χ3n) is 6.41. The van der Waals surface area contributed by atoms with Crippen molar-refractivity contribution in [2.45, 2.75) is 44.6 Å². The van der Waals surface area contributed by atoms with Gasteiger partial charge in [0.05, 0.1) is 18.0 Å². The van der Waals surface area contributed by atoms with Gasteiger partial charge in [0, 0.05) is 35.8 Å². The van der Waals surface area contributed by atoms with Crippen molar-refractivity contribution in [1.82, 2.24) is 15.2 Å². The van der Waals surface area contributed by atoms with Crippen molar-refractivity contribution in [1.29, 1.82) is 0 Å². The Labute approximate surface area is 225 Å². The highest BCUT2D eigenvalue weighted by Crippen LogP contribution is 2.31. The van der Waals surface area contributed by atoms with Gasteiger partial charge in [-0.15, -0.1) is 11.3 Å². The minimum absolute atomic E-state index is 0.0641. The molecule has 1 aliphatic rings. The number of piperidine rings is 1. The van der Waals surface area contributed by atoms with E-state index in [0.717, 1.165) is 29.0 Å². The van der Waals surface area contributed by atoms with Gasteiger partial charge < -0.3 is 15.0 Å². The molecule has 1 aromatic heterocycles. The van der Waals surface area contributed by atoms with Crippen LogP contribution < -0.4 is 5.32 Å². The smallest absolute Gasteiger partial charge is 0.328 e. The molecule has 0 spiro atoms. The van der Waals surface area contributed by atoms with Gasteiger partial charge in [-0.3, -0.25) is 9.59 Å². The number of hydrogen-bond donors (Lipinski definition) is 1. The standard InChI is InChI=1S/C28H30ClN3O4S/c1-2-36-28(35)23(16-19-8-4-3-5-9-19)30-26(34)24-18-37-27(31-24)20-12-14-32(15-13-20)25(33)17-21-10-6-7-11-22(21)29/h3-11,18,20,23H,2,12-17H2,1H3,(H,30,34). The number of ether oxygens (including phenoxy) is 1. The van der Waals surface area contributed by atoms with Crippen LogP contribution in [0.1, 0.15) is 52.3 Å².